The molecule has 7 aromatic carbocycles. The summed E-state index contributed by atoms with van der Waals surface area (Å²) in [7, 11) is 2.98. The average molecular weight is 681 g/mol. The molecule has 0 unspecified atom stereocenters. The molecule has 0 bridgehead atoms. The third kappa shape index (κ3) is 6.49. The maximum atomic E-state index is 15.8. The van der Waals surface area contributed by atoms with E-state index in [9.17, 15) is 0 Å². The van der Waals surface area contributed by atoms with Crippen molar-refractivity contribution in [2.45, 2.75) is 6.92 Å². The van der Waals surface area contributed by atoms with Crippen molar-refractivity contribution in [3.05, 3.63) is 168 Å². The molecule has 7 aromatic rings. The Balaban J connectivity index is 1.36. The zero-order chi connectivity index (χ0) is 35.6. The maximum Gasteiger partial charge on any atom is 0.133 e. The highest BCUT2D eigenvalue weighted by molar-refractivity contribution is 5.86. The summed E-state index contributed by atoms with van der Waals surface area (Å²) in [5.74, 6) is -1.74. The van der Waals surface area contributed by atoms with Gasteiger partial charge in [-0.3, -0.25) is 0 Å². The average Bonchev–Trinajstić information content (AvgIpc) is 3.16. The van der Waals surface area contributed by atoms with Crippen LogP contribution in [-0.4, -0.2) is 14.2 Å². The van der Waals surface area contributed by atoms with Crippen LogP contribution in [0.4, 0.5) is 17.6 Å². The fourth-order valence-corrected chi connectivity index (χ4v) is 6.50. The Morgan fingerprint density at radius 2 is 0.784 bits per heavy atom. The van der Waals surface area contributed by atoms with Gasteiger partial charge in [0, 0.05) is 39.4 Å². The fourth-order valence-electron chi connectivity index (χ4n) is 6.50. The summed E-state index contributed by atoms with van der Waals surface area (Å²) in [6, 6.07) is 39.4. The molecule has 0 amide bonds. The predicted octanol–water partition coefficient (Wildman–Crippen LogP) is 12.6. The van der Waals surface area contributed by atoms with Gasteiger partial charge in [0.1, 0.15) is 34.8 Å². The van der Waals surface area contributed by atoms with E-state index in [1.807, 2.05) is 60.7 Å². The SMILES string of the molecule is COc1ccc(-c2cc(-c3cc(-c4cc(-c5ccccc5)ccc4F)c(OC)cc3C)c(F)cc2F)cc1-c1cc(-c2ccccc2)ccc1F. The summed E-state index contributed by atoms with van der Waals surface area (Å²) in [6.45, 7) is 1.79. The standard InChI is InChI=1S/C45H32F4O2/c1-27-20-45(51-3)39(36-22-31(15-18-41(36)47)29-12-8-5-9-13-29)24-33(27)37-25-34(42(48)26-43(37)49)32-16-19-44(50-2)38(23-32)35-21-30(14-17-40(35)46)28-10-6-4-7-11-28/h4-26H,1-3H3. The molecule has 0 heterocycles. The minimum Gasteiger partial charge on any atom is -0.496 e. The van der Waals surface area contributed by atoms with Gasteiger partial charge >= 0.3 is 0 Å². The Bertz CT molecular complexity index is 2390. The molecular weight excluding hydrogens is 648 g/mol. The van der Waals surface area contributed by atoms with Crippen LogP contribution in [0.25, 0.3) is 66.8 Å². The first-order valence-electron chi connectivity index (χ1n) is 16.3. The Hall–Kier alpha value is -6.14. The van der Waals surface area contributed by atoms with Crippen molar-refractivity contribution in [3.63, 3.8) is 0 Å². The third-order valence-corrected chi connectivity index (χ3v) is 9.13. The predicted molar refractivity (Wildman–Crippen MR) is 197 cm³/mol. The Morgan fingerprint density at radius 3 is 1.33 bits per heavy atom. The van der Waals surface area contributed by atoms with Crippen molar-refractivity contribution in [1.82, 2.24) is 0 Å². The minimum absolute atomic E-state index is 0.101. The number of ether oxygens (including phenoxy) is 2. The fraction of sp³-hybridized carbons (Fsp3) is 0.0667. The van der Waals surface area contributed by atoms with Crippen LogP contribution < -0.4 is 9.47 Å². The number of hydrogen-bond acceptors (Lipinski definition) is 2. The molecule has 7 rings (SSSR count). The molecule has 2 nitrogen and oxygen atoms in total. The molecule has 0 aliphatic carbocycles. The van der Waals surface area contributed by atoms with E-state index in [2.05, 4.69) is 0 Å². The van der Waals surface area contributed by atoms with Crippen LogP contribution in [0, 0.1) is 30.2 Å². The Kier molecular flexibility index (Phi) is 9.16. The van der Waals surface area contributed by atoms with Gasteiger partial charge in [-0.2, -0.15) is 0 Å². The molecule has 0 aliphatic rings. The summed E-state index contributed by atoms with van der Waals surface area (Å²) in [5, 5.41) is 0. The topological polar surface area (TPSA) is 18.5 Å². The van der Waals surface area contributed by atoms with Crippen LogP contribution in [0.1, 0.15) is 5.56 Å². The molecule has 0 spiro atoms. The van der Waals surface area contributed by atoms with E-state index < -0.39 is 23.3 Å². The second-order valence-electron chi connectivity index (χ2n) is 12.2. The minimum atomic E-state index is -0.793. The molecule has 252 valence electrons. The van der Waals surface area contributed by atoms with Gasteiger partial charge in [0.2, 0.25) is 0 Å². The van der Waals surface area contributed by atoms with Crippen LogP contribution in [0.3, 0.4) is 0 Å². The lowest BCUT2D eigenvalue weighted by molar-refractivity contribution is 0.416. The van der Waals surface area contributed by atoms with E-state index in [1.165, 1.54) is 32.4 Å². The highest BCUT2D eigenvalue weighted by Crippen LogP contribution is 2.43. The molecule has 6 heteroatoms. The lowest BCUT2D eigenvalue weighted by atomic mass is 9.90. The molecule has 0 aromatic heterocycles. The van der Waals surface area contributed by atoms with Crippen LogP contribution in [0.15, 0.2) is 140 Å². The van der Waals surface area contributed by atoms with Crippen LogP contribution >= 0.6 is 0 Å². The monoisotopic (exact) mass is 680 g/mol. The number of halogens is 4. The van der Waals surface area contributed by atoms with Gasteiger partial charge in [-0.15, -0.1) is 0 Å². The Labute approximate surface area is 294 Å². The van der Waals surface area contributed by atoms with Gasteiger partial charge in [0.25, 0.3) is 0 Å². The van der Waals surface area contributed by atoms with Gasteiger partial charge in [-0.05, 0) is 100 Å². The summed E-state index contributed by atoms with van der Waals surface area (Å²) < 4.78 is 73.8. The largest absolute Gasteiger partial charge is 0.496 e. The van der Waals surface area contributed by atoms with E-state index in [-0.39, 0.29) is 22.3 Å². The summed E-state index contributed by atoms with van der Waals surface area (Å²) >= 11 is 0. The highest BCUT2D eigenvalue weighted by Gasteiger charge is 2.21. The lowest BCUT2D eigenvalue weighted by Crippen LogP contribution is -1.98. The summed E-state index contributed by atoms with van der Waals surface area (Å²) in [5.41, 5.74) is 6.46. The Morgan fingerprint density at radius 1 is 0.333 bits per heavy atom. The summed E-state index contributed by atoms with van der Waals surface area (Å²) in [6.07, 6.45) is 0. The van der Waals surface area contributed by atoms with Gasteiger partial charge in [0.05, 0.1) is 14.2 Å². The van der Waals surface area contributed by atoms with Crippen molar-refractivity contribution in [3.8, 4) is 78.3 Å². The van der Waals surface area contributed by atoms with Gasteiger partial charge in [-0.25, -0.2) is 17.6 Å². The number of methoxy groups -OCH3 is 2. The van der Waals surface area contributed by atoms with E-state index in [4.69, 9.17) is 9.47 Å². The van der Waals surface area contributed by atoms with E-state index >= 15 is 17.6 Å². The third-order valence-electron chi connectivity index (χ3n) is 9.13. The first-order chi connectivity index (χ1) is 24.7. The number of aryl methyl sites for hydroxylation is 1. The van der Waals surface area contributed by atoms with Crippen molar-refractivity contribution in [1.29, 1.82) is 0 Å². The molecule has 0 radical (unpaired) electrons. The number of benzene rings is 7. The highest BCUT2D eigenvalue weighted by atomic mass is 19.1. The molecule has 51 heavy (non-hydrogen) atoms. The maximum absolute atomic E-state index is 15.8. The van der Waals surface area contributed by atoms with Crippen LogP contribution in [-0.2, 0) is 0 Å². The van der Waals surface area contributed by atoms with Crippen LogP contribution in [0.2, 0.25) is 0 Å². The van der Waals surface area contributed by atoms with Gasteiger partial charge in [0.15, 0.2) is 0 Å². The first-order valence-corrected chi connectivity index (χ1v) is 16.3. The van der Waals surface area contributed by atoms with E-state index in [0.29, 0.717) is 39.3 Å². The zero-order valence-corrected chi connectivity index (χ0v) is 28.1. The molecule has 0 aliphatic heterocycles. The lowest BCUT2D eigenvalue weighted by Gasteiger charge is -2.18. The molecule has 0 saturated carbocycles. The van der Waals surface area contributed by atoms with Crippen LogP contribution in [0.5, 0.6) is 11.5 Å². The normalized spacial score (nSPS) is 11.0. The molecular formula is C45H32F4O2. The molecule has 0 atom stereocenters. The number of rotatable bonds is 8. The molecule has 0 N–H and O–H groups in total. The van der Waals surface area contributed by atoms with E-state index in [0.717, 1.165) is 28.3 Å². The summed E-state index contributed by atoms with van der Waals surface area (Å²) in [4.78, 5) is 0. The number of hydrogen-bond donors (Lipinski definition) is 0. The second kappa shape index (κ2) is 14.0. The second-order valence-corrected chi connectivity index (χ2v) is 12.2. The first kappa shape index (κ1) is 33.4. The van der Waals surface area contributed by atoms with Crippen molar-refractivity contribution in [2.75, 3.05) is 14.2 Å². The molecule has 0 saturated heterocycles. The van der Waals surface area contributed by atoms with Crippen molar-refractivity contribution < 1.29 is 27.0 Å². The quantitative estimate of drug-likeness (QED) is 0.149. The van der Waals surface area contributed by atoms with Gasteiger partial charge < -0.3 is 9.47 Å². The smallest absolute Gasteiger partial charge is 0.133 e. The van der Waals surface area contributed by atoms with Gasteiger partial charge in [-0.1, -0.05) is 78.9 Å². The zero-order valence-electron chi connectivity index (χ0n) is 28.1. The molecule has 0 fully saturated rings. The van der Waals surface area contributed by atoms with Crippen molar-refractivity contribution >= 4 is 0 Å². The van der Waals surface area contributed by atoms with E-state index in [1.54, 1.807) is 61.5 Å². The van der Waals surface area contributed by atoms with Crippen molar-refractivity contribution in [2.24, 2.45) is 0 Å².